The van der Waals surface area contributed by atoms with Crippen LogP contribution in [0.25, 0.3) is 0 Å². The second-order valence-electron chi connectivity index (χ2n) is 5.69. The van der Waals surface area contributed by atoms with Crippen LogP contribution in [0.4, 0.5) is 4.39 Å². The van der Waals surface area contributed by atoms with E-state index in [2.05, 4.69) is 12.2 Å². The molecule has 20 heavy (non-hydrogen) atoms. The number of rotatable bonds is 6. The first-order chi connectivity index (χ1) is 9.74. The molecule has 0 aromatic heterocycles. The molecular formula is C17H26FNO. The molecule has 0 amide bonds. The van der Waals surface area contributed by atoms with Gasteiger partial charge in [0.05, 0.1) is 6.10 Å². The first-order valence-electron chi connectivity index (χ1n) is 7.89. The molecule has 0 heterocycles. The van der Waals surface area contributed by atoms with Crippen molar-refractivity contribution in [2.75, 3.05) is 6.54 Å². The lowest BCUT2D eigenvalue weighted by molar-refractivity contribution is 0.116. The van der Waals surface area contributed by atoms with Gasteiger partial charge in [0, 0.05) is 12.1 Å². The number of hydrogen-bond donors (Lipinski definition) is 1. The van der Waals surface area contributed by atoms with Gasteiger partial charge in [0.1, 0.15) is 0 Å². The van der Waals surface area contributed by atoms with Gasteiger partial charge in [0.25, 0.3) is 0 Å². The van der Waals surface area contributed by atoms with Crippen molar-refractivity contribution < 1.29 is 9.13 Å². The van der Waals surface area contributed by atoms with Crippen LogP contribution < -0.4 is 10.1 Å². The van der Waals surface area contributed by atoms with Crippen molar-refractivity contribution in [3.8, 4) is 5.75 Å². The van der Waals surface area contributed by atoms with Crippen LogP contribution >= 0.6 is 0 Å². The second-order valence-corrected chi connectivity index (χ2v) is 5.69. The molecule has 0 saturated heterocycles. The van der Waals surface area contributed by atoms with E-state index in [9.17, 15) is 4.39 Å². The molecule has 112 valence electrons. The predicted octanol–water partition coefficient (Wildman–Crippen LogP) is 4.28. The SMILES string of the molecule is CCNCc1cccc(F)c1OC1CCCC(CC)C1. The summed E-state index contributed by atoms with van der Waals surface area (Å²) < 4.78 is 20.1. The lowest BCUT2D eigenvalue weighted by Gasteiger charge is -2.29. The summed E-state index contributed by atoms with van der Waals surface area (Å²) in [7, 11) is 0. The van der Waals surface area contributed by atoms with Crippen molar-refractivity contribution in [2.24, 2.45) is 5.92 Å². The van der Waals surface area contributed by atoms with Gasteiger partial charge in [-0.15, -0.1) is 0 Å². The van der Waals surface area contributed by atoms with Gasteiger partial charge in [0.15, 0.2) is 11.6 Å². The second kappa shape index (κ2) is 7.63. The van der Waals surface area contributed by atoms with Gasteiger partial charge in [-0.1, -0.05) is 38.8 Å². The molecule has 0 bridgehead atoms. The number of hydrogen-bond acceptors (Lipinski definition) is 2. The minimum atomic E-state index is -0.237. The van der Waals surface area contributed by atoms with E-state index in [1.807, 2.05) is 13.0 Å². The lowest BCUT2D eigenvalue weighted by Crippen LogP contribution is -2.26. The van der Waals surface area contributed by atoms with E-state index in [1.165, 1.54) is 25.3 Å². The third kappa shape index (κ3) is 3.95. The Kier molecular flexibility index (Phi) is 5.84. The van der Waals surface area contributed by atoms with E-state index in [1.54, 1.807) is 6.07 Å². The minimum absolute atomic E-state index is 0.172. The number of para-hydroxylation sites is 1. The highest BCUT2D eigenvalue weighted by atomic mass is 19.1. The van der Waals surface area contributed by atoms with Gasteiger partial charge in [-0.2, -0.15) is 0 Å². The van der Waals surface area contributed by atoms with Crippen molar-refractivity contribution >= 4 is 0 Å². The fraction of sp³-hybridized carbons (Fsp3) is 0.647. The summed E-state index contributed by atoms with van der Waals surface area (Å²) in [6.07, 6.45) is 5.96. The van der Waals surface area contributed by atoms with Crippen molar-refractivity contribution in [1.29, 1.82) is 0 Å². The summed E-state index contributed by atoms with van der Waals surface area (Å²) >= 11 is 0. The lowest BCUT2D eigenvalue weighted by atomic mass is 9.85. The number of ether oxygens (including phenoxy) is 1. The molecule has 0 spiro atoms. The summed E-state index contributed by atoms with van der Waals surface area (Å²) in [5, 5.41) is 3.24. The van der Waals surface area contributed by atoms with Crippen molar-refractivity contribution in [2.45, 2.75) is 58.6 Å². The van der Waals surface area contributed by atoms with Crippen LogP contribution in [0.5, 0.6) is 5.75 Å². The molecular weight excluding hydrogens is 253 g/mol. The van der Waals surface area contributed by atoms with Crippen LogP contribution in [0.3, 0.4) is 0 Å². The van der Waals surface area contributed by atoms with Crippen LogP contribution in [0.1, 0.15) is 51.5 Å². The summed E-state index contributed by atoms with van der Waals surface area (Å²) in [6.45, 7) is 5.81. The van der Waals surface area contributed by atoms with Crippen LogP contribution in [0, 0.1) is 11.7 Å². The molecule has 1 aliphatic rings. The zero-order valence-corrected chi connectivity index (χ0v) is 12.6. The highest BCUT2D eigenvalue weighted by Crippen LogP contribution is 2.32. The molecule has 1 fully saturated rings. The molecule has 2 nitrogen and oxygen atoms in total. The third-order valence-electron chi connectivity index (χ3n) is 4.21. The average molecular weight is 279 g/mol. The molecule has 2 rings (SSSR count). The fourth-order valence-corrected chi connectivity index (χ4v) is 2.97. The average Bonchev–Trinajstić information content (AvgIpc) is 2.48. The van der Waals surface area contributed by atoms with Crippen molar-refractivity contribution in [3.63, 3.8) is 0 Å². The maximum atomic E-state index is 14.1. The number of benzene rings is 1. The van der Waals surface area contributed by atoms with E-state index in [-0.39, 0.29) is 11.9 Å². The summed E-state index contributed by atoms with van der Waals surface area (Å²) in [5.41, 5.74) is 0.922. The molecule has 1 aromatic carbocycles. The van der Waals surface area contributed by atoms with Gasteiger partial charge < -0.3 is 10.1 Å². The largest absolute Gasteiger partial charge is 0.487 e. The van der Waals surface area contributed by atoms with Crippen molar-refractivity contribution in [3.05, 3.63) is 29.6 Å². The summed E-state index contributed by atoms with van der Waals surface area (Å²) in [5.74, 6) is 0.951. The molecule has 1 aromatic rings. The zero-order valence-electron chi connectivity index (χ0n) is 12.6. The molecule has 2 atom stereocenters. The number of halogens is 1. The van der Waals surface area contributed by atoms with E-state index in [0.717, 1.165) is 30.9 Å². The van der Waals surface area contributed by atoms with E-state index in [4.69, 9.17) is 4.74 Å². The van der Waals surface area contributed by atoms with Gasteiger partial charge in [0.2, 0.25) is 0 Å². The Morgan fingerprint density at radius 3 is 2.90 bits per heavy atom. The fourth-order valence-electron chi connectivity index (χ4n) is 2.97. The molecule has 2 unspecified atom stereocenters. The number of nitrogens with one attached hydrogen (secondary N) is 1. The Labute approximate surface area is 121 Å². The van der Waals surface area contributed by atoms with E-state index >= 15 is 0 Å². The van der Waals surface area contributed by atoms with Gasteiger partial charge >= 0.3 is 0 Å². The topological polar surface area (TPSA) is 21.3 Å². The molecule has 1 aliphatic carbocycles. The first-order valence-corrected chi connectivity index (χ1v) is 7.89. The Morgan fingerprint density at radius 2 is 2.15 bits per heavy atom. The quantitative estimate of drug-likeness (QED) is 0.839. The Balaban J connectivity index is 2.07. The molecule has 1 saturated carbocycles. The van der Waals surface area contributed by atoms with Crippen LogP contribution in [0.15, 0.2) is 18.2 Å². The Morgan fingerprint density at radius 1 is 1.30 bits per heavy atom. The van der Waals surface area contributed by atoms with Crippen LogP contribution in [0.2, 0.25) is 0 Å². The molecule has 1 N–H and O–H groups in total. The van der Waals surface area contributed by atoms with Crippen LogP contribution in [-0.4, -0.2) is 12.6 Å². The van der Waals surface area contributed by atoms with E-state index < -0.39 is 0 Å². The van der Waals surface area contributed by atoms with E-state index in [0.29, 0.717) is 12.3 Å². The smallest absolute Gasteiger partial charge is 0.165 e. The van der Waals surface area contributed by atoms with Gasteiger partial charge in [-0.05, 0) is 37.8 Å². The highest BCUT2D eigenvalue weighted by Gasteiger charge is 2.23. The summed E-state index contributed by atoms with van der Waals surface area (Å²) in [6, 6.07) is 5.19. The minimum Gasteiger partial charge on any atom is -0.487 e. The van der Waals surface area contributed by atoms with Gasteiger partial charge in [-0.25, -0.2) is 4.39 Å². The standard InChI is InChI=1S/C17H26FNO/c1-3-13-7-5-9-15(11-13)20-17-14(12-19-4-2)8-6-10-16(17)18/h6,8,10,13,15,19H,3-5,7,9,11-12H2,1-2H3. The maximum absolute atomic E-state index is 14.1. The zero-order chi connectivity index (χ0) is 14.4. The van der Waals surface area contributed by atoms with Gasteiger partial charge in [-0.3, -0.25) is 0 Å². The van der Waals surface area contributed by atoms with Crippen molar-refractivity contribution in [1.82, 2.24) is 5.32 Å². The Hall–Kier alpha value is -1.09. The molecule has 0 aliphatic heterocycles. The predicted molar refractivity (Wildman–Crippen MR) is 80.4 cm³/mol. The monoisotopic (exact) mass is 279 g/mol. The molecule has 3 heteroatoms. The third-order valence-corrected chi connectivity index (χ3v) is 4.21. The molecule has 0 radical (unpaired) electrons. The van der Waals surface area contributed by atoms with Crippen LogP contribution in [-0.2, 0) is 6.54 Å². The highest BCUT2D eigenvalue weighted by molar-refractivity contribution is 5.35. The Bertz CT molecular complexity index is 421. The normalized spacial score (nSPS) is 22.8. The first kappa shape index (κ1) is 15.3. The maximum Gasteiger partial charge on any atom is 0.165 e. The summed E-state index contributed by atoms with van der Waals surface area (Å²) in [4.78, 5) is 0.